The molecule has 6 nitrogen and oxygen atoms in total. The quantitative estimate of drug-likeness (QED) is 0.259. The summed E-state index contributed by atoms with van der Waals surface area (Å²) in [6.07, 6.45) is 0. The molecule has 0 aliphatic heterocycles. The second kappa shape index (κ2) is 11.6. The van der Waals surface area contributed by atoms with Gasteiger partial charge in [-0.3, -0.25) is 9.36 Å². The van der Waals surface area contributed by atoms with Crippen molar-refractivity contribution < 1.29 is 9.53 Å². The fourth-order valence-corrected chi connectivity index (χ4v) is 4.45. The van der Waals surface area contributed by atoms with Gasteiger partial charge >= 0.3 is 0 Å². The van der Waals surface area contributed by atoms with E-state index in [-0.39, 0.29) is 19.1 Å². The average Bonchev–Trinajstić information content (AvgIpc) is 3.25. The van der Waals surface area contributed by atoms with Gasteiger partial charge in [0, 0.05) is 15.8 Å². The van der Waals surface area contributed by atoms with E-state index in [4.69, 9.17) is 39.5 Å². The number of halogens is 3. The minimum Gasteiger partial charge on any atom is -0.484 e. The Bertz CT molecular complexity index is 1270. The number of benzene rings is 3. The molecule has 0 fully saturated rings. The summed E-state index contributed by atoms with van der Waals surface area (Å²) in [5.41, 5.74) is 1.78. The summed E-state index contributed by atoms with van der Waals surface area (Å²) in [7, 11) is 0. The zero-order valence-electron chi connectivity index (χ0n) is 17.7. The largest absolute Gasteiger partial charge is 0.484 e. The number of hydrogen-bond donors (Lipinski definition) is 1. The number of ether oxygens (including phenoxy) is 1. The third-order valence-electron chi connectivity index (χ3n) is 4.69. The van der Waals surface area contributed by atoms with E-state index in [0.29, 0.717) is 43.2 Å². The van der Waals surface area contributed by atoms with Crippen LogP contribution in [0, 0.1) is 0 Å². The first-order valence-corrected chi connectivity index (χ1v) is 12.3. The van der Waals surface area contributed by atoms with Gasteiger partial charge in [-0.1, -0.05) is 76.9 Å². The van der Waals surface area contributed by atoms with Gasteiger partial charge in [0.05, 0.1) is 17.3 Å². The van der Waals surface area contributed by atoms with Crippen molar-refractivity contribution in [1.82, 2.24) is 20.1 Å². The van der Waals surface area contributed by atoms with E-state index in [0.717, 1.165) is 5.56 Å². The minimum absolute atomic E-state index is 0.130. The summed E-state index contributed by atoms with van der Waals surface area (Å²) >= 11 is 20.1. The van der Waals surface area contributed by atoms with Crippen LogP contribution in [0.2, 0.25) is 15.1 Å². The van der Waals surface area contributed by atoms with Gasteiger partial charge in [0.2, 0.25) is 0 Å². The average molecular weight is 534 g/mol. The number of hydrogen-bond acceptors (Lipinski definition) is 5. The highest BCUT2D eigenvalue weighted by atomic mass is 35.5. The molecule has 0 saturated heterocycles. The molecule has 4 aromatic rings. The number of carbonyl (C=O) groups excluding carboxylic acids is 1. The molecular formula is C24H19Cl3N4O2S. The highest BCUT2D eigenvalue weighted by Gasteiger charge is 2.18. The van der Waals surface area contributed by atoms with E-state index in [2.05, 4.69) is 15.5 Å². The molecule has 1 aromatic heterocycles. The zero-order chi connectivity index (χ0) is 23.9. The van der Waals surface area contributed by atoms with Gasteiger partial charge in [-0.15, -0.1) is 10.2 Å². The molecule has 10 heteroatoms. The Morgan fingerprint density at radius 2 is 1.68 bits per heavy atom. The molecule has 0 aliphatic carbocycles. The second-order valence-corrected chi connectivity index (χ2v) is 9.35. The van der Waals surface area contributed by atoms with Crippen LogP contribution in [-0.4, -0.2) is 27.3 Å². The smallest absolute Gasteiger partial charge is 0.258 e. The Morgan fingerprint density at radius 3 is 2.44 bits per heavy atom. The summed E-state index contributed by atoms with van der Waals surface area (Å²) in [4.78, 5) is 12.4. The number of thioether (sulfide) groups is 1. The van der Waals surface area contributed by atoms with Crippen LogP contribution in [0.1, 0.15) is 11.4 Å². The maximum absolute atomic E-state index is 12.4. The van der Waals surface area contributed by atoms with E-state index < -0.39 is 0 Å². The predicted molar refractivity (Wildman–Crippen MR) is 136 cm³/mol. The molecule has 1 N–H and O–H groups in total. The van der Waals surface area contributed by atoms with Crippen molar-refractivity contribution >= 4 is 52.5 Å². The Kier molecular flexibility index (Phi) is 8.34. The van der Waals surface area contributed by atoms with Crippen molar-refractivity contribution in [3.63, 3.8) is 0 Å². The highest BCUT2D eigenvalue weighted by Crippen LogP contribution is 2.31. The Labute approximate surface area is 216 Å². The van der Waals surface area contributed by atoms with Gasteiger partial charge in [0.15, 0.2) is 17.6 Å². The first kappa shape index (κ1) is 24.4. The first-order valence-electron chi connectivity index (χ1n) is 10.2. The normalized spacial score (nSPS) is 10.8. The number of nitrogens with zero attached hydrogens (tertiary/aromatic N) is 3. The van der Waals surface area contributed by atoms with Crippen LogP contribution in [0.5, 0.6) is 5.75 Å². The van der Waals surface area contributed by atoms with Gasteiger partial charge < -0.3 is 10.1 Å². The second-order valence-electron chi connectivity index (χ2n) is 7.12. The molecule has 0 atom stereocenters. The van der Waals surface area contributed by atoms with E-state index >= 15 is 0 Å². The molecule has 0 radical (unpaired) electrons. The molecule has 34 heavy (non-hydrogen) atoms. The maximum atomic E-state index is 12.4. The van der Waals surface area contributed by atoms with Crippen molar-refractivity contribution in [2.75, 3.05) is 6.61 Å². The summed E-state index contributed by atoms with van der Waals surface area (Å²) < 4.78 is 7.31. The van der Waals surface area contributed by atoms with Crippen LogP contribution in [-0.2, 0) is 17.1 Å². The predicted octanol–water partition coefficient (Wildman–Crippen LogP) is 6.22. The Hall–Kier alpha value is -2.71. The van der Waals surface area contributed by atoms with Crippen molar-refractivity contribution in [1.29, 1.82) is 0 Å². The molecule has 0 aliphatic rings. The molecule has 0 unspecified atom stereocenters. The highest BCUT2D eigenvalue weighted by molar-refractivity contribution is 7.98. The third kappa shape index (κ3) is 6.45. The molecule has 174 valence electrons. The van der Waals surface area contributed by atoms with E-state index in [9.17, 15) is 4.79 Å². The Morgan fingerprint density at radius 1 is 0.941 bits per heavy atom. The van der Waals surface area contributed by atoms with Crippen LogP contribution >= 0.6 is 46.6 Å². The molecule has 4 rings (SSSR count). The van der Waals surface area contributed by atoms with Gasteiger partial charge in [-0.05, 0) is 48.0 Å². The van der Waals surface area contributed by atoms with Crippen molar-refractivity contribution in [3.8, 4) is 11.4 Å². The van der Waals surface area contributed by atoms with E-state index in [1.807, 2.05) is 34.9 Å². The molecule has 3 aromatic carbocycles. The summed E-state index contributed by atoms with van der Waals surface area (Å²) in [6, 6.07) is 22.0. The fourth-order valence-electron chi connectivity index (χ4n) is 3.04. The molecule has 1 amide bonds. The van der Waals surface area contributed by atoms with Crippen molar-refractivity contribution in [3.05, 3.63) is 99.3 Å². The topological polar surface area (TPSA) is 69.0 Å². The lowest BCUT2D eigenvalue weighted by molar-refractivity contribution is -0.123. The van der Waals surface area contributed by atoms with Crippen molar-refractivity contribution in [2.45, 2.75) is 17.5 Å². The van der Waals surface area contributed by atoms with Gasteiger partial charge in [-0.25, -0.2) is 0 Å². The van der Waals surface area contributed by atoms with Crippen molar-refractivity contribution in [2.24, 2.45) is 0 Å². The van der Waals surface area contributed by atoms with Crippen LogP contribution in [0.25, 0.3) is 5.69 Å². The lowest BCUT2D eigenvalue weighted by atomic mass is 10.2. The van der Waals surface area contributed by atoms with Crippen LogP contribution in [0.3, 0.4) is 0 Å². The van der Waals surface area contributed by atoms with Crippen LogP contribution in [0.4, 0.5) is 0 Å². The lowest BCUT2D eigenvalue weighted by Gasteiger charge is -2.13. The lowest BCUT2D eigenvalue weighted by Crippen LogP contribution is -2.29. The standard InChI is InChI=1S/C24H19Cl3N4O2S/c25-17-6-9-19(10-7-17)33-14-23(32)28-13-22-29-30-24(34-15-16-4-2-1-3-5-16)31(22)21-12-18(26)8-11-20(21)27/h1-12H,13-15H2,(H,28,32). The molecule has 0 spiro atoms. The first-order chi connectivity index (χ1) is 16.5. The summed E-state index contributed by atoms with van der Waals surface area (Å²) in [6.45, 7) is -0.0200. The van der Waals surface area contributed by atoms with Crippen LogP contribution < -0.4 is 10.1 Å². The van der Waals surface area contributed by atoms with E-state index in [1.54, 1.807) is 42.5 Å². The molecule has 0 bridgehead atoms. The zero-order valence-corrected chi connectivity index (χ0v) is 20.8. The summed E-state index contributed by atoms with van der Waals surface area (Å²) in [5, 5.41) is 13.7. The number of nitrogens with one attached hydrogen (secondary N) is 1. The molecule has 0 saturated carbocycles. The molecule has 1 heterocycles. The molecular weight excluding hydrogens is 515 g/mol. The maximum Gasteiger partial charge on any atom is 0.258 e. The number of aromatic nitrogens is 3. The minimum atomic E-state index is -0.305. The number of rotatable bonds is 9. The number of carbonyl (C=O) groups is 1. The summed E-state index contributed by atoms with van der Waals surface area (Å²) in [5.74, 6) is 1.45. The Balaban J connectivity index is 1.49. The monoisotopic (exact) mass is 532 g/mol. The van der Waals surface area contributed by atoms with Crippen LogP contribution in [0.15, 0.2) is 78.0 Å². The third-order valence-corrected chi connectivity index (χ3v) is 6.49. The van der Waals surface area contributed by atoms with E-state index in [1.165, 1.54) is 11.8 Å². The van der Waals surface area contributed by atoms with Gasteiger partial charge in [-0.2, -0.15) is 0 Å². The SMILES string of the molecule is O=C(COc1ccc(Cl)cc1)NCc1nnc(SCc2ccccc2)n1-c1cc(Cl)ccc1Cl. The fraction of sp³-hybridized carbons (Fsp3) is 0.125. The van der Waals surface area contributed by atoms with Gasteiger partial charge in [0.1, 0.15) is 5.75 Å². The van der Waals surface area contributed by atoms with Gasteiger partial charge in [0.25, 0.3) is 5.91 Å². The number of amides is 1.